The van der Waals surface area contributed by atoms with E-state index in [2.05, 4.69) is 10.3 Å². The molecule has 1 saturated carbocycles. The van der Waals surface area contributed by atoms with E-state index in [-0.39, 0.29) is 11.3 Å². The minimum absolute atomic E-state index is 0.0787. The van der Waals surface area contributed by atoms with Crippen molar-refractivity contribution in [3.63, 3.8) is 0 Å². The van der Waals surface area contributed by atoms with Crippen molar-refractivity contribution in [2.24, 2.45) is 11.1 Å². The lowest BCUT2D eigenvalue weighted by Crippen LogP contribution is -2.39. The Hall–Kier alpha value is -1.15. The number of nitrogens with two attached hydrogens (primary N) is 1. The van der Waals surface area contributed by atoms with Crippen LogP contribution >= 0.6 is 11.3 Å². The molecule has 130 valence electrons. The van der Waals surface area contributed by atoms with Crippen molar-refractivity contribution < 1.29 is 18.0 Å². The van der Waals surface area contributed by atoms with Crippen molar-refractivity contribution in [1.82, 2.24) is 10.3 Å². The highest BCUT2D eigenvalue weighted by atomic mass is 32.1. The molecule has 1 aliphatic rings. The first-order valence-electron chi connectivity index (χ1n) is 7.83. The van der Waals surface area contributed by atoms with E-state index >= 15 is 0 Å². The highest BCUT2D eigenvalue weighted by molar-refractivity contribution is 7.09. The van der Waals surface area contributed by atoms with Crippen molar-refractivity contribution in [1.29, 1.82) is 0 Å². The maximum absolute atomic E-state index is 12.5. The number of nitrogens with one attached hydrogen (secondary N) is 1. The van der Waals surface area contributed by atoms with Gasteiger partial charge in [-0.05, 0) is 24.8 Å². The number of aromatic nitrogens is 1. The van der Waals surface area contributed by atoms with Crippen LogP contribution in [0.5, 0.6) is 0 Å². The molecule has 0 atom stereocenters. The minimum atomic E-state index is -4.41. The molecule has 4 nitrogen and oxygen atoms in total. The van der Waals surface area contributed by atoms with Crippen LogP contribution in [-0.4, -0.2) is 24.0 Å². The molecule has 1 fully saturated rings. The summed E-state index contributed by atoms with van der Waals surface area (Å²) in [7, 11) is 0. The number of alkyl halides is 3. The van der Waals surface area contributed by atoms with Gasteiger partial charge >= 0.3 is 6.18 Å². The monoisotopic (exact) mass is 349 g/mol. The lowest BCUT2D eigenvalue weighted by molar-refractivity contribution is -0.140. The van der Waals surface area contributed by atoms with Gasteiger partial charge < -0.3 is 11.1 Å². The molecule has 8 heteroatoms. The van der Waals surface area contributed by atoms with Crippen LogP contribution in [0.3, 0.4) is 0 Å². The quantitative estimate of drug-likeness (QED) is 0.829. The second-order valence-electron chi connectivity index (χ2n) is 6.17. The minimum Gasteiger partial charge on any atom is -0.356 e. The topological polar surface area (TPSA) is 68.0 Å². The molecule has 2 rings (SSSR count). The maximum Gasteiger partial charge on any atom is 0.434 e. The molecule has 1 heterocycles. The molecule has 0 unspecified atom stereocenters. The second kappa shape index (κ2) is 7.61. The van der Waals surface area contributed by atoms with Crippen LogP contribution in [0, 0.1) is 5.41 Å². The van der Waals surface area contributed by atoms with E-state index in [9.17, 15) is 18.0 Å². The van der Waals surface area contributed by atoms with Crippen molar-refractivity contribution in [3.8, 4) is 0 Å². The van der Waals surface area contributed by atoms with E-state index in [4.69, 9.17) is 5.73 Å². The summed E-state index contributed by atoms with van der Waals surface area (Å²) in [6, 6.07) is 0. The largest absolute Gasteiger partial charge is 0.434 e. The summed E-state index contributed by atoms with van der Waals surface area (Å²) in [5.74, 6) is -0.0787. The number of hydrogen-bond acceptors (Lipinski definition) is 4. The zero-order valence-corrected chi connectivity index (χ0v) is 13.7. The molecule has 0 saturated heterocycles. The van der Waals surface area contributed by atoms with E-state index in [1.807, 2.05) is 0 Å². The molecular formula is C15H22F3N3OS. The van der Waals surface area contributed by atoms with E-state index in [1.54, 1.807) is 0 Å². The van der Waals surface area contributed by atoms with Crippen LogP contribution < -0.4 is 11.1 Å². The van der Waals surface area contributed by atoms with Gasteiger partial charge in [-0.15, -0.1) is 11.3 Å². The van der Waals surface area contributed by atoms with Gasteiger partial charge in [0, 0.05) is 24.8 Å². The van der Waals surface area contributed by atoms with Gasteiger partial charge in [0.2, 0.25) is 5.91 Å². The molecule has 23 heavy (non-hydrogen) atoms. The molecule has 1 amide bonds. The van der Waals surface area contributed by atoms with Gasteiger partial charge in [0.25, 0.3) is 0 Å². The third-order valence-corrected chi connectivity index (χ3v) is 5.29. The molecule has 1 aliphatic carbocycles. The fraction of sp³-hybridized carbons (Fsp3) is 0.733. The Kier molecular flexibility index (Phi) is 6.02. The smallest absolute Gasteiger partial charge is 0.356 e. The number of carbonyl (C=O) groups excluding carboxylic acids is 1. The van der Waals surface area contributed by atoms with Crippen LogP contribution in [-0.2, 0) is 17.4 Å². The molecule has 0 spiro atoms. The summed E-state index contributed by atoms with van der Waals surface area (Å²) in [5, 5.41) is 4.16. The first-order chi connectivity index (χ1) is 10.8. The van der Waals surface area contributed by atoms with Gasteiger partial charge in [0.05, 0.1) is 5.01 Å². The predicted octanol–water partition coefficient (Wildman–Crippen LogP) is 3.12. The fourth-order valence-electron chi connectivity index (χ4n) is 3.02. The Morgan fingerprint density at radius 3 is 2.61 bits per heavy atom. The van der Waals surface area contributed by atoms with Gasteiger partial charge in [-0.25, -0.2) is 4.98 Å². The Morgan fingerprint density at radius 1 is 1.35 bits per heavy atom. The highest BCUT2D eigenvalue weighted by Crippen LogP contribution is 2.38. The van der Waals surface area contributed by atoms with Crippen molar-refractivity contribution in [3.05, 3.63) is 16.1 Å². The SMILES string of the molecule is NCC1(CC(=O)NCCc2nc(C(F)(F)F)cs2)CCCCC1. The van der Waals surface area contributed by atoms with E-state index < -0.39 is 11.9 Å². The van der Waals surface area contributed by atoms with Gasteiger partial charge in [0.15, 0.2) is 5.69 Å². The molecule has 0 radical (unpaired) electrons. The average molecular weight is 349 g/mol. The summed E-state index contributed by atoms with van der Waals surface area (Å²) >= 11 is 0.965. The first-order valence-corrected chi connectivity index (χ1v) is 8.71. The predicted molar refractivity (Wildman–Crippen MR) is 83.0 cm³/mol. The van der Waals surface area contributed by atoms with Crippen molar-refractivity contribution >= 4 is 17.2 Å². The molecule has 0 bridgehead atoms. The normalized spacial score (nSPS) is 17.9. The highest BCUT2D eigenvalue weighted by Gasteiger charge is 2.34. The van der Waals surface area contributed by atoms with Crippen LogP contribution in [0.15, 0.2) is 5.38 Å². The Balaban J connectivity index is 1.77. The van der Waals surface area contributed by atoms with Gasteiger partial charge in [-0.3, -0.25) is 4.79 Å². The average Bonchev–Trinajstić information content (AvgIpc) is 2.97. The zero-order valence-electron chi connectivity index (χ0n) is 12.9. The first kappa shape index (κ1) is 18.2. The van der Waals surface area contributed by atoms with E-state index in [1.165, 1.54) is 6.42 Å². The van der Waals surface area contributed by atoms with E-state index in [0.717, 1.165) is 42.4 Å². The Labute approximate surface area is 137 Å². The molecule has 0 aromatic carbocycles. The number of nitrogens with zero attached hydrogens (tertiary/aromatic N) is 1. The number of halogens is 3. The second-order valence-corrected chi connectivity index (χ2v) is 7.11. The number of thiazole rings is 1. The van der Waals surface area contributed by atoms with Crippen molar-refractivity contribution in [2.75, 3.05) is 13.1 Å². The van der Waals surface area contributed by atoms with Crippen molar-refractivity contribution in [2.45, 2.75) is 51.1 Å². The summed E-state index contributed by atoms with van der Waals surface area (Å²) < 4.78 is 37.4. The fourth-order valence-corrected chi connectivity index (χ4v) is 3.83. The number of rotatable bonds is 6. The lowest BCUT2D eigenvalue weighted by Gasteiger charge is -2.35. The molecular weight excluding hydrogens is 327 g/mol. The Morgan fingerprint density at radius 2 is 2.04 bits per heavy atom. The van der Waals surface area contributed by atoms with Gasteiger partial charge in [0.1, 0.15) is 0 Å². The van der Waals surface area contributed by atoms with Crippen LogP contribution in [0.4, 0.5) is 13.2 Å². The summed E-state index contributed by atoms with van der Waals surface area (Å²) in [6.07, 6.45) is 1.63. The molecule has 3 N–H and O–H groups in total. The lowest BCUT2D eigenvalue weighted by atomic mass is 9.71. The standard InChI is InChI=1S/C15H22F3N3OS/c16-15(17,18)11-9-23-13(21-11)4-7-20-12(22)8-14(10-19)5-2-1-3-6-14/h9H,1-8,10,19H2,(H,20,22). The Bertz CT molecular complexity index is 524. The summed E-state index contributed by atoms with van der Waals surface area (Å²) in [6.45, 7) is 0.798. The maximum atomic E-state index is 12.5. The molecule has 0 aliphatic heterocycles. The van der Waals surface area contributed by atoms with Crippen LogP contribution in [0.2, 0.25) is 0 Å². The third-order valence-electron chi connectivity index (χ3n) is 4.39. The van der Waals surface area contributed by atoms with E-state index in [0.29, 0.717) is 30.9 Å². The molecule has 1 aromatic heterocycles. The number of amides is 1. The van der Waals surface area contributed by atoms with Crippen LogP contribution in [0.1, 0.15) is 49.2 Å². The summed E-state index contributed by atoms with van der Waals surface area (Å²) in [5.41, 5.74) is 4.88. The number of carbonyl (C=O) groups is 1. The molecule has 1 aromatic rings. The number of hydrogen-bond donors (Lipinski definition) is 2. The van der Waals surface area contributed by atoms with Crippen LogP contribution in [0.25, 0.3) is 0 Å². The summed E-state index contributed by atoms with van der Waals surface area (Å²) in [4.78, 5) is 15.6. The zero-order chi connectivity index (χ0) is 16.9. The van der Waals surface area contributed by atoms with Gasteiger partial charge in [-0.2, -0.15) is 13.2 Å². The van der Waals surface area contributed by atoms with Gasteiger partial charge in [-0.1, -0.05) is 19.3 Å². The third kappa shape index (κ3) is 5.17.